The summed E-state index contributed by atoms with van der Waals surface area (Å²) >= 11 is 6.08. The van der Waals surface area contributed by atoms with Gasteiger partial charge in [0.1, 0.15) is 16.7 Å². The van der Waals surface area contributed by atoms with Gasteiger partial charge >= 0.3 is 0 Å². The fourth-order valence-corrected chi connectivity index (χ4v) is 2.95. The standard InChI is InChI=1S/C19H21ClFN5O2/c1-4-15(27)10-26-18(12-5-11(2)22-17(20)6-12)24-19(25-26)23-14-7-13(21)8-16(9-14)28-3/h5-9,15,27H,4,10H2,1-3H3,(H,23,25). The first-order valence-electron chi connectivity index (χ1n) is 8.77. The summed E-state index contributed by atoms with van der Waals surface area (Å²) in [5.74, 6) is 0.710. The minimum atomic E-state index is -0.582. The quantitative estimate of drug-likeness (QED) is 0.578. The molecule has 0 aliphatic rings. The van der Waals surface area contributed by atoms with Crippen molar-refractivity contribution in [2.45, 2.75) is 32.9 Å². The Morgan fingerprint density at radius 1 is 1.25 bits per heavy atom. The fraction of sp³-hybridized carbons (Fsp3) is 0.316. The number of rotatable bonds is 7. The second kappa shape index (κ2) is 8.53. The number of methoxy groups -OCH3 is 1. The summed E-state index contributed by atoms with van der Waals surface area (Å²) in [5, 5.41) is 17.8. The van der Waals surface area contributed by atoms with Crippen LogP contribution in [0.25, 0.3) is 11.4 Å². The molecule has 0 saturated heterocycles. The predicted molar refractivity (Wildman–Crippen MR) is 106 cm³/mol. The van der Waals surface area contributed by atoms with Crippen LogP contribution in [0.4, 0.5) is 16.0 Å². The van der Waals surface area contributed by atoms with Crippen LogP contribution < -0.4 is 10.1 Å². The van der Waals surface area contributed by atoms with Gasteiger partial charge in [-0.05, 0) is 31.5 Å². The van der Waals surface area contributed by atoms with Gasteiger partial charge in [-0.1, -0.05) is 18.5 Å². The second-order valence-electron chi connectivity index (χ2n) is 6.33. The van der Waals surface area contributed by atoms with Crippen LogP contribution >= 0.6 is 11.6 Å². The molecule has 2 heterocycles. The molecule has 28 heavy (non-hydrogen) atoms. The Labute approximate surface area is 167 Å². The summed E-state index contributed by atoms with van der Waals surface area (Å²) in [5.41, 5.74) is 1.90. The minimum Gasteiger partial charge on any atom is -0.497 e. The molecule has 1 atom stereocenters. The van der Waals surface area contributed by atoms with E-state index in [2.05, 4.69) is 20.4 Å². The van der Waals surface area contributed by atoms with E-state index in [9.17, 15) is 9.50 Å². The molecular formula is C19H21ClFN5O2. The van der Waals surface area contributed by atoms with Crippen LogP contribution in [0.15, 0.2) is 30.3 Å². The Kier molecular flexibility index (Phi) is 6.11. The first kappa shape index (κ1) is 20.0. The number of anilines is 2. The molecule has 0 radical (unpaired) electrons. The monoisotopic (exact) mass is 405 g/mol. The van der Waals surface area contributed by atoms with Gasteiger partial charge in [0.2, 0.25) is 5.95 Å². The number of hydrogen-bond donors (Lipinski definition) is 2. The first-order valence-corrected chi connectivity index (χ1v) is 9.14. The van der Waals surface area contributed by atoms with Crippen molar-refractivity contribution < 1.29 is 14.2 Å². The Bertz CT molecular complexity index is 959. The highest BCUT2D eigenvalue weighted by atomic mass is 35.5. The van der Waals surface area contributed by atoms with E-state index in [0.29, 0.717) is 28.8 Å². The van der Waals surface area contributed by atoms with Gasteiger partial charge in [-0.2, -0.15) is 4.98 Å². The number of aliphatic hydroxyl groups excluding tert-OH is 1. The molecule has 3 aromatic rings. The third-order valence-electron chi connectivity index (χ3n) is 4.07. The number of benzene rings is 1. The third-order valence-corrected chi connectivity index (χ3v) is 4.26. The molecule has 3 rings (SSSR count). The van der Waals surface area contributed by atoms with E-state index in [4.69, 9.17) is 16.3 Å². The van der Waals surface area contributed by atoms with Crippen molar-refractivity contribution >= 4 is 23.2 Å². The number of aryl methyl sites for hydroxylation is 1. The maximum atomic E-state index is 13.8. The van der Waals surface area contributed by atoms with Gasteiger partial charge in [-0.25, -0.2) is 14.1 Å². The molecular weight excluding hydrogens is 385 g/mol. The van der Waals surface area contributed by atoms with Gasteiger partial charge in [-0.3, -0.25) is 0 Å². The first-order chi connectivity index (χ1) is 13.4. The Hall–Kier alpha value is -2.71. The molecule has 9 heteroatoms. The second-order valence-corrected chi connectivity index (χ2v) is 6.72. The van der Waals surface area contributed by atoms with Crippen molar-refractivity contribution in [1.29, 1.82) is 0 Å². The molecule has 2 N–H and O–H groups in total. The van der Waals surface area contributed by atoms with Crippen molar-refractivity contribution in [2.24, 2.45) is 0 Å². The molecule has 0 amide bonds. The summed E-state index contributed by atoms with van der Waals surface area (Å²) in [6.07, 6.45) is -0.0137. The Balaban J connectivity index is 2.00. The van der Waals surface area contributed by atoms with Gasteiger partial charge in [0.25, 0.3) is 0 Å². The summed E-state index contributed by atoms with van der Waals surface area (Å²) in [4.78, 5) is 8.67. The lowest BCUT2D eigenvalue weighted by Crippen LogP contribution is -2.16. The van der Waals surface area contributed by atoms with Crippen molar-refractivity contribution in [3.63, 3.8) is 0 Å². The van der Waals surface area contributed by atoms with Crippen molar-refractivity contribution in [1.82, 2.24) is 19.7 Å². The van der Waals surface area contributed by atoms with Gasteiger partial charge in [0.15, 0.2) is 5.82 Å². The van der Waals surface area contributed by atoms with Crippen LogP contribution in [0.1, 0.15) is 19.0 Å². The van der Waals surface area contributed by atoms with E-state index >= 15 is 0 Å². The smallest absolute Gasteiger partial charge is 0.247 e. The van der Waals surface area contributed by atoms with Crippen molar-refractivity contribution in [2.75, 3.05) is 12.4 Å². The lowest BCUT2D eigenvalue weighted by Gasteiger charge is -2.10. The summed E-state index contributed by atoms with van der Waals surface area (Å²) in [6.45, 7) is 3.97. The Morgan fingerprint density at radius 2 is 2.04 bits per heavy atom. The van der Waals surface area contributed by atoms with Crippen LogP contribution in [-0.4, -0.2) is 38.1 Å². The molecule has 0 fully saturated rings. The highest BCUT2D eigenvalue weighted by Crippen LogP contribution is 2.26. The van der Waals surface area contributed by atoms with Crippen LogP contribution in [0.3, 0.4) is 0 Å². The summed E-state index contributed by atoms with van der Waals surface area (Å²) in [7, 11) is 1.46. The van der Waals surface area contributed by atoms with Crippen LogP contribution in [0.2, 0.25) is 5.15 Å². The molecule has 1 aromatic carbocycles. The van der Waals surface area contributed by atoms with E-state index < -0.39 is 11.9 Å². The number of hydrogen-bond acceptors (Lipinski definition) is 6. The lowest BCUT2D eigenvalue weighted by atomic mass is 10.2. The van der Waals surface area contributed by atoms with Gasteiger partial charge in [0.05, 0.1) is 19.8 Å². The number of nitrogens with zero attached hydrogens (tertiary/aromatic N) is 4. The summed E-state index contributed by atoms with van der Waals surface area (Å²) < 4.78 is 20.4. The fourth-order valence-electron chi connectivity index (χ4n) is 2.70. The van der Waals surface area contributed by atoms with Crippen molar-refractivity contribution in [3.8, 4) is 17.1 Å². The molecule has 7 nitrogen and oxygen atoms in total. The molecule has 0 saturated carbocycles. The Morgan fingerprint density at radius 3 is 2.71 bits per heavy atom. The number of halogens is 2. The van der Waals surface area contributed by atoms with Crippen LogP contribution in [0, 0.1) is 12.7 Å². The maximum absolute atomic E-state index is 13.8. The third kappa shape index (κ3) is 4.76. The predicted octanol–water partition coefficient (Wildman–Crippen LogP) is 3.96. The van der Waals surface area contributed by atoms with Gasteiger partial charge < -0.3 is 15.2 Å². The zero-order chi connectivity index (χ0) is 20.3. The van der Waals surface area contributed by atoms with Gasteiger partial charge in [0, 0.05) is 29.1 Å². The largest absolute Gasteiger partial charge is 0.497 e. The molecule has 0 aliphatic heterocycles. The zero-order valence-corrected chi connectivity index (χ0v) is 16.5. The SMILES string of the molecule is CCC(O)Cn1nc(Nc2cc(F)cc(OC)c2)nc1-c1cc(C)nc(Cl)c1. The number of pyridine rings is 1. The molecule has 0 aliphatic carbocycles. The van der Waals surface area contributed by atoms with E-state index in [1.165, 1.54) is 19.2 Å². The highest BCUT2D eigenvalue weighted by Gasteiger charge is 2.16. The minimum absolute atomic E-state index is 0.256. The number of aromatic nitrogens is 4. The highest BCUT2D eigenvalue weighted by molar-refractivity contribution is 6.29. The lowest BCUT2D eigenvalue weighted by molar-refractivity contribution is 0.146. The van der Waals surface area contributed by atoms with E-state index in [1.54, 1.807) is 16.8 Å². The van der Waals surface area contributed by atoms with E-state index in [0.717, 1.165) is 11.3 Å². The normalized spacial score (nSPS) is 12.1. The molecule has 148 valence electrons. The number of aliphatic hydroxyl groups is 1. The average molecular weight is 406 g/mol. The van der Waals surface area contributed by atoms with Crippen LogP contribution in [-0.2, 0) is 6.54 Å². The molecule has 1 unspecified atom stereocenters. The van der Waals surface area contributed by atoms with Crippen LogP contribution in [0.5, 0.6) is 5.75 Å². The maximum Gasteiger partial charge on any atom is 0.247 e. The van der Waals surface area contributed by atoms with E-state index in [1.807, 2.05) is 19.9 Å². The van der Waals surface area contributed by atoms with E-state index in [-0.39, 0.29) is 12.5 Å². The summed E-state index contributed by atoms with van der Waals surface area (Å²) in [6, 6.07) is 7.75. The molecule has 0 bridgehead atoms. The topological polar surface area (TPSA) is 85.1 Å². The zero-order valence-electron chi connectivity index (χ0n) is 15.8. The number of ether oxygens (including phenoxy) is 1. The van der Waals surface area contributed by atoms with Gasteiger partial charge in [-0.15, -0.1) is 5.10 Å². The van der Waals surface area contributed by atoms with Crippen molar-refractivity contribution in [3.05, 3.63) is 47.0 Å². The molecule has 2 aromatic heterocycles. The molecule has 0 spiro atoms. The number of nitrogens with one attached hydrogen (secondary N) is 1. The average Bonchev–Trinajstić information content (AvgIpc) is 3.02.